The van der Waals surface area contributed by atoms with Gasteiger partial charge in [-0.2, -0.15) is 0 Å². The molecular weight excluding hydrogens is 304 g/mol. The Kier molecular flexibility index (Phi) is 7.76. The number of benzene rings is 1. The van der Waals surface area contributed by atoms with Crippen molar-refractivity contribution in [3.05, 3.63) is 17.7 Å². The quantitative estimate of drug-likeness (QED) is 0.665. The first-order chi connectivity index (χ1) is 10.5. The number of ether oxygens (including phenoxy) is 3. The smallest absolute Gasteiger partial charge is 0.377 e. The van der Waals surface area contributed by atoms with Crippen LogP contribution in [0, 0.1) is 0 Å². The molecule has 2 radical (unpaired) electrons. The van der Waals surface area contributed by atoms with Gasteiger partial charge in [-0.3, -0.25) is 4.79 Å². The summed E-state index contributed by atoms with van der Waals surface area (Å²) in [6.45, 7) is 8.86. The van der Waals surface area contributed by atoms with Gasteiger partial charge in [-0.15, -0.1) is 0 Å². The van der Waals surface area contributed by atoms with E-state index in [1.807, 2.05) is 26.8 Å². The van der Waals surface area contributed by atoms with Crippen LogP contribution < -0.4 is 14.2 Å². The Morgan fingerprint density at radius 3 is 2.23 bits per heavy atom. The van der Waals surface area contributed by atoms with E-state index >= 15 is 0 Å². The lowest BCUT2D eigenvalue weighted by molar-refractivity contribution is 0.195. The van der Waals surface area contributed by atoms with Crippen molar-refractivity contribution in [3.63, 3.8) is 0 Å². The second-order valence-electron chi connectivity index (χ2n) is 4.28. The molecule has 7 heteroatoms. The van der Waals surface area contributed by atoms with Crippen molar-refractivity contribution in [2.45, 2.75) is 33.8 Å². The van der Waals surface area contributed by atoms with Gasteiger partial charge in [0.15, 0.2) is 11.5 Å². The third-order valence-corrected chi connectivity index (χ3v) is 3.39. The van der Waals surface area contributed by atoms with Crippen LogP contribution in [0.25, 0.3) is 0 Å². The molecule has 0 saturated carbocycles. The predicted molar refractivity (Wildman–Crippen MR) is 83.2 cm³/mol. The zero-order chi connectivity index (χ0) is 16.5. The van der Waals surface area contributed by atoms with E-state index in [1.54, 1.807) is 13.0 Å². The summed E-state index contributed by atoms with van der Waals surface area (Å²) < 4.78 is 22.3. The molecule has 0 aliphatic carbocycles. The first-order valence-electron chi connectivity index (χ1n) is 7.24. The molecule has 0 saturated heterocycles. The first kappa shape index (κ1) is 18.3. The Morgan fingerprint density at radius 2 is 1.68 bits per heavy atom. The van der Waals surface area contributed by atoms with Crippen molar-refractivity contribution < 1.29 is 28.5 Å². The molecule has 0 fully saturated rings. The van der Waals surface area contributed by atoms with Gasteiger partial charge in [-0.05, 0) is 39.8 Å². The van der Waals surface area contributed by atoms with E-state index in [0.717, 1.165) is 5.56 Å². The largest absolute Gasteiger partial charge is 0.490 e. The summed E-state index contributed by atoms with van der Waals surface area (Å²) in [5, 5.41) is 8.75. The Labute approximate surface area is 133 Å². The molecule has 1 N–H and O–H groups in total. The van der Waals surface area contributed by atoms with Gasteiger partial charge in [0.1, 0.15) is 0 Å². The molecule has 0 spiro atoms. The normalized spacial score (nSPS) is 11.8. The van der Waals surface area contributed by atoms with Crippen LogP contribution in [-0.2, 0) is 4.43 Å². The zero-order valence-electron chi connectivity index (χ0n) is 13.3. The van der Waals surface area contributed by atoms with E-state index in [1.165, 1.54) is 0 Å². The van der Waals surface area contributed by atoms with Crippen LogP contribution in [-0.4, -0.2) is 40.3 Å². The van der Waals surface area contributed by atoms with E-state index in [9.17, 15) is 4.79 Å². The second-order valence-corrected chi connectivity index (χ2v) is 5.15. The van der Waals surface area contributed by atoms with Crippen molar-refractivity contribution >= 4 is 15.4 Å². The average molecular weight is 326 g/mol. The summed E-state index contributed by atoms with van der Waals surface area (Å²) in [4.78, 5) is 10.7. The van der Waals surface area contributed by atoms with Crippen molar-refractivity contribution in [2.75, 3.05) is 19.8 Å². The van der Waals surface area contributed by atoms with E-state index in [4.69, 9.17) is 23.7 Å². The SMILES string of the molecule is CCOc1ccc(C(C)O[Si]C(=O)O)c(OCC)c1OCC. The fourth-order valence-electron chi connectivity index (χ4n) is 1.93. The molecule has 0 aromatic heterocycles. The highest BCUT2D eigenvalue weighted by molar-refractivity contribution is 6.66. The van der Waals surface area contributed by atoms with Gasteiger partial charge in [-0.25, -0.2) is 0 Å². The Bertz CT molecular complexity index is 491. The van der Waals surface area contributed by atoms with Crippen LogP contribution in [0.15, 0.2) is 12.1 Å². The summed E-state index contributed by atoms with van der Waals surface area (Å²) in [5.74, 6) is 1.67. The lowest BCUT2D eigenvalue weighted by atomic mass is 10.1. The monoisotopic (exact) mass is 326 g/mol. The van der Waals surface area contributed by atoms with Gasteiger partial charge >= 0.3 is 15.4 Å². The van der Waals surface area contributed by atoms with E-state index < -0.39 is 21.5 Å². The van der Waals surface area contributed by atoms with Crippen LogP contribution >= 0.6 is 0 Å². The molecule has 122 valence electrons. The standard InChI is InChI=1S/C15H22O6Si/c1-5-18-12-9-8-11(10(4)21-22-15(16)17)13(19-6-2)14(12)20-7-3/h8-10H,5-7H2,1-4H3,(H,16,17). The molecule has 22 heavy (non-hydrogen) atoms. The van der Waals surface area contributed by atoms with Gasteiger partial charge in [0.2, 0.25) is 5.75 Å². The molecular formula is C15H22O6Si. The van der Waals surface area contributed by atoms with Gasteiger partial charge < -0.3 is 23.7 Å². The summed E-state index contributed by atoms with van der Waals surface area (Å²) in [5.41, 5.74) is -0.247. The second kappa shape index (κ2) is 9.32. The molecule has 0 heterocycles. The topological polar surface area (TPSA) is 74.2 Å². The first-order valence-corrected chi connectivity index (χ1v) is 8.15. The lowest BCUT2D eigenvalue weighted by Crippen LogP contribution is -2.14. The number of carbonyl (C=O) groups is 1. The highest BCUT2D eigenvalue weighted by Crippen LogP contribution is 2.43. The lowest BCUT2D eigenvalue weighted by Gasteiger charge is -2.21. The highest BCUT2D eigenvalue weighted by Gasteiger charge is 2.22. The van der Waals surface area contributed by atoms with Gasteiger partial charge in [0.05, 0.1) is 25.9 Å². The van der Waals surface area contributed by atoms with Crippen LogP contribution in [0.5, 0.6) is 17.2 Å². The molecule has 1 atom stereocenters. The van der Waals surface area contributed by atoms with E-state index in [0.29, 0.717) is 37.1 Å². The molecule has 6 nitrogen and oxygen atoms in total. The number of hydrogen-bond acceptors (Lipinski definition) is 5. The summed E-state index contributed by atoms with van der Waals surface area (Å²) in [7, 11) is -0.623. The molecule has 1 unspecified atom stereocenters. The number of rotatable bonds is 10. The molecule has 0 bridgehead atoms. The maximum absolute atomic E-state index is 10.7. The maximum Gasteiger partial charge on any atom is 0.377 e. The summed E-state index contributed by atoms with van der Waals surface area (Å²) in [6, 6.07) is 3.60. The Hall–Kier alpha value is -1.73. The van der Waals surface area contributed by atoms with Crippen molar-refractivity contribution in [1.82, 2.24) is 0 Å². The van der Waals surface area contributed by atoms with Gasteiger partial charge in [0, 0.05) is 5.56 Å². The zero-order valence-corrected chi connectivity index (χ0v) is 14.3. The number of hydrogen-bond donors (Lipinski definition) is 1. The fraction of sp³-hybridized carbons (Fsp3) is 0.533. The minimum Gasteiger partial charge on any atom is -0.490 e. The number of carboxylic acid groups (broad SMARTS) is 1. The molecule has 1 aromatic rings. The molecule has 0 amide bonds. The molecule has 1 aromatic carbocycles. The fourth-order valence-corrected chi connectivity index (χ4v) is 2.33. The summed E-state index contributed by atoms with van der Waals surface area (Å²) in [6.07, 6.45) is -0.425. The van der Waals surface area contributed by atoms with Gasteiger partial charge in [-0.1, -0.05) is 0 Å². The van der Waals surface area contributed by atoms with Crippen molar-refractivity contribution in [3.8, 4) is 17.2 Å². The van der Waals surface area contributed by atoms with Crippen LogP contribution in [0.4, 0.5) is 4.79 Å². The molecule has 0 aliphatic heterocycles. The highest BCUT2D eigenvalue weighted by atomic mass is 28.2. The Morgan fingerprint density at radius 1 is 1.09 bits per heavy atom. The summed E-state index contributed by atoms with van der Waals surface area (Å²) >= 11 is 0. The van der Waals surface area contributed by atoms with Gasteiger partial charge in [0.25, 0.3) is 0 Å². The van der Waals surface area contributed by atoms with E-state index in [2.05, 4.69) is 0 Å². The van der Waals surface area contributed by atoms with Crippen LogP contribution in [0.1, 0.15) is 39.4 Å². The molecule has 0 aliphatic rings. The third-order valence-electron chi connectivity index (χ3n) is 2.74. The average Bonchev–Trinajstić information content (AvgIpc) is 2.48. The predicted octanol–water partition coefficient (Wildman–Crippen LogP) is 3.26. The maximum atomic E-state index is 10.7. The minimum absolute atomic E-state index is 0.425. The van der Waals surface area contributed by atoms with Crippen LogP contribution in [0.2, 0.25) is 0 Å². The third kappa shape index (κ3) is 4.92. The van der Waals surface area contributed by atoms with Crippen LogP contribution in [0.3, 0.4) is 0 Å². The van der Waals surface area contributed by atoms with E-state index in [-0.39, 0.29) is 0 Å². The Balaban J connectivity index is 3.19. The minimum atomic E-state index is -0.985. The van der Waals surface area contributed by atoms with Crippen molar-refractivity contribution in [1.29, 1.82) is 0 Å². The van der Waals surface area contributed by atoms with Crippen molar-refractivity contribution in [2.24, 2.45) is 0 Å². The molecule has 1 rings (SSSR count).